The second kappa shape index (κ2) is 13.7. The lowest BCUT2D eigenvalue weighted by Crippen LogP contribution is -2.21. The van der Waals surface area contributed by atoms with E-state index >= 15 is 0 Å². The maximum atomic E-state index is 6.60. The van der Waals surface area contributed by atoms with E-state index in [1.54, 1.807) is 0 Å². The minimum absolute atomic E-state index is 0.667. The van der Waals surface area contributed by atoms with E-state index in [0.717, 1.165) is 0 Å². The SMILES string of the molecule is CS(C)(Cl)CCCS(CCCS(C)(C)Cl)(CCCS(C)(C)Cl)CCCS(C)(C)Cl. The molecule has 0 amide bonds. The van der Waals surface area contributed by atoms with E-state index in [0.29, 0.717) is 0 Å². The normalized spacial score (nSPS) is 17.2. The lowest BCUT2D eigenvalue weighted by molar-refractivity contribution is 0.997. The molecular weight excluding hydrogens is 542 g/mol. The first kappa shape index (κ1) is 31.9. The molecule has 29 heavy (non-hydrogen) atoms. The van der Waals surface area contributed by atoms with Gasteiger partial charge in [0.2, 0.25) is 0 Å². The van der Waals surface area contributed by atoms with Crippen LogP contribution in [0.25, 0.3) is 0 Å². The van der Waals surface area contributed by atoms with Gasteiger partial charge in [-0.25, -0.2) is 10.0 Å². The second-order valence-electron chi connectivity index (χ2n) is 9.89. The van der Waals surface area contributed by atoms with Crippen molar-refractivity contribution in [2.75, 3.05) is 96.1 Å². The van der Waals surface area contributed by atoms with E-state index in [9.17, 15) is 0 Å². The maximum Gasteiger partial charge on any atom is -0.00984 e. The molecule has 0 bridgehead atoms. The summed E-state index contributed by atoms with van der Waals surface area (Å²) in [6, 6.07) is 0. The average Bonchev–Trinajstić information content (AvgIpc) is 2.41. The molecule has 0 saturated carbocycles. The van der Waals surface area contributed by atoms with Crippen molar-refractivity contribution in [3.8, 4) is 0 Å². The van der Waals surface area contributed by atoms with Crippen molar-refractivity contribution >= 4 is 89.7 Å². The van der Waals surface area contributed by atoms with Gasteiger partial charge in [-0.1, -0.05) is 42.7 Å². The summed E-state index contributed by atoms with van der Waals surface area (Å²) in [5, 5.41) is 0. The summed E-state index contributed by atoms with van der Waals surface area (Å²) in [5.74, 6) is 10.2. The third-order valence-corrected chi connectivity index (χ3v) is 16.3. The van der Waals surface area contributed by atoms with Crippen LogP contribution in [-0.4, -0.2) is 96.1 Å². The van der Waals surface area contributed by atoms with Crippen LogP contribution in [0.4, 0.5) is 0 Å². The fourth-order valence-electron chi connectivity index (χ4n) is 3.45. The molecule has 0 aliphatic rings. The highest BCUT2D eigenvalue weighted by Crippen LogP contribution is 2.57. The van der Waals surface area contributed by atoms with E-state index in [2.05, 4.69) is 50.0 Å². The van der Waals surface area contributed by atoms with Crippen LogP contribution in [0.15, 0.2) is 0 Å². The van der Waals surface area contributed by atoms with Gasteiger partial charge in [0.05, 0.1) is 0 Å². The Balaban J connectivity index is 5.26. The zero-order chi connectivity index (χ0) is 23.0. The number of hydrogen-bond acceptors (Lipinski definition) is 0. The van der Waals surface area contributed by atoms with E-state index in [1.807, 2.05) is 0 Å². The summed E-state index contributed by atoms with van der Waals surface area (Å²) in [6.07, 6.45) is 22.9. The smallest absolute Gasteiger partial charge is 0.00984 e. The van der Waals surface area contributed by atoms with Gasteiger partial charge in [-0.2, -0.15) is 37.0 Å². The van der Waals surface area contributed by atoms with E-state index in [4.69, 9.17) is 42.7 Å². The summed E-state index contributed by atoms with van der Waals surface area (Å²) in [7, 11) is 22.0. The van der Waals surface area contributed by atoms with Crippen molar-refractivity contribution < 1.29 is 0 Å². The summed E-state index contributed by atoms with van der Waals surface area (Å²) < 4.78 is 0. The molecule has 0 rings (SSSR count). The summed E-state index contributed by atoms with van der Waals surface area (Å²) in [4.78, 5) is 0. The quantitative estimate of drug-likeness (QED) is 0.168. The molecule has 0 N–H and O–H groups in total. The molecule has 0 atom stereocenters. The number of hydrogen-bond donors (Lipinski definition) is 0. The van der Waals surface area contributed by atoms with Gasteiger partial charge in [0.15, 0.2) is 0 Å². The standard InChI is InChI=1S/C20H48Cl4S5/c1-25(2,21)13-9-17-29(18-10-14-26(3,4)22,19-11-15-27(5,6)23)20-12-16-28(7,8)24/h9-20H2,1-8H3. The van der Waals surface area contributed by atoms with Crippen LogP contribution < -0.4 is 0 Å². The van der Waals surface area contributed by atoms with Crippen LogP contribution in [0.5, 0.6) is 0 Å². The molecule has 9 heteroatoms. The first-order valence-corrected chi connectivity index (χ1v) is 26.3. The minimum Gasteiger partial charge on any atom is -0.241 e. The molecule has 186 valence electrons. The van der Waals surface area contributed by atoms with Gasteiger partial charge in [-0.15, -0.1) is 0 Å². The highest BCUT2D eigenvalue weighted by atomic mass is 35.7. The molecule has 0 spiro atoms. The average molecular weight is 591 g/mol. The minimum atomic E-state index is -0.943. The number of rotatable bonds is 16. The van der Waals surface area contributed by atoms with Gasteiger partial charge in [-0.3, -0.25) is 0 Å². The Morgan fingerprint density at radius 1 is 0.345 bits per heavy atom. The Morgan fingerprint density at radius 3 is 0.655 bits per heavy atom. The van der Waals surface area contributed by atoms with Crippen LogP contribution in [0.3, 0.4) is 0 Å². The third-order valence-electron chi connectivity index (χ3n) is 4.83. The molecule has 0 saturated heterocycles. The molecule has 0 aromatic heterocycles. The van der Waals surface area contributed by atoms with Crippen molar-refractivity contribution in [3.63, 3.8) is 0 Å². The Bertz CT molecular complexity index is 362. The second-order valence-corrected chi connectivity index (χ2v) is 36.9. The predicted molar refractivity (Wildman–Crippen MR) is 166 cm³/mol. The molecule has 0 nitrogen and oxygen atoms in total. The first-order valence-electron chi connectivity index (χ1n) is 10.2. The van der Waals surface area contributed by atoms with Crippen LogP contribution in [0, 0.1) is 0 Å². The Morgan fingerprint density at radius 2 is 0.517 bits per heavy atom. The lowest BCUT2D eigenvalue weighted by Gasteiger charge is -2.43. The molecule has 0 unspecified atom stereocenters. The fourth-order valence-corrected chi connectivity index (χ4v) is 13.1. The van der Waals surface area contributed by atoms with Crippen molar-refractivity contribution in [2.45, 2.75) is 25.7 Å². The van der Waals surface area contributed by atoms with Crippen LogP contribution in [0.2, 0.25) is 0 Å². The largest absolute Gasteiger partial charge is 0.241 e. The molecule has 0 heterocycles. The highest BCUT2D eigenvalue weighted by molar-refractivity contribution is 8.51. The fraction of sp³-hybridized carbons (Fsp3) is 1.00. The summed E-state index contributed by atoms with van der Waals surface area (Å²) >= 11 is 0. The van der Waals surface area contributed by atoms with Gasteiger partial charge in [0.25, 0.3) is 0 Å². The van der Waals surface area contributed by atoms with Gasteiger partial charge in [0, 0.05) is 0 Å². The third kappa shape index (κ3) is 21.2. The Hall–Kier alpha value is 2.91. The predicted octanol–water partition coefficient (Wildman–Crippen LogP) is 9.22. The van der Waals surface area contributed by atoms with E-state index < -0.39 is 47.0 Å². The molecule has 0 aromatic carbocycles. The summed E-state index contributed by atoms with van der Waals surface area (Å²) in [5.41, 5.74) is 0. The van der Waals surface area contributed by atoms with Gasteiger partial charge in [-0.05, 0) is 122 Å². The first-order chi connectivity index (χ1) is 12.8. The lowest BCUT2D eigenvalue weighted by atomic mass is 10.5. The van der Waals surface area contributed by atoms with Crippen LogP contribution >= 0.6 is 89.7 Å². The summed E-state index contributed by atoms with van der Waals surface area (Å²) in [6.45, 7) is 0. The zero-order valence-corrected chi connectivity index (χ0v) is 27.1. The molecule has 0 aliphatic carbocycles. The molecule has 0 radical (unpaired) electrons. The monoisotopic (exact) mass is 588 g/mol. The maximum absolute atomic E-state index is 6.60. The van der Waals surface area contributed by atoms with Gasteiger partial charge < -0.3 is 0 Å². The van der Waals surface area contributed by atoms with Gasteiger partial charge >= 0.3 is 0 Å². The van der Waals surface area contributed by atoms with Gasteiger partial charge in [0.1, 0.15) is 0 Å². The van der Waals surface area contributed by atoms with Crippen molar-refractivity contribution in [3.05, 3.63) is 0 Å². The van der Waals surface area contributed by atoms with Crippen LogP contribution in [0.1, 0.15) is 25.7 Å². The van der Waals surface area contributed by atoms with Crippen molar-refractivity contribution in [1.29, 1.82) is 0 Å². The topological polar surface area (TPSA) is 0 Å². The number of halogens is 4. The van der Waals surface area contributed by atoms with Crippen LogP contribution in [-0.2, 0) is 0 Å². The molecule has 0 aliphatic heterocycles. The Labute approximate surface area is 209 Å². The molecule has 0 fully saturated rings. The zero-order valence-electron chi connectivity index (χ0n) is 20.0. The van der Waals surface area contributed by atoms with Crippen molar-refractivity contribution in [2.24, 2.45) is 0 Å². The molecular formula is C20H48Cl4S5. The Kier molecular flexibility index (Phi) is 15.1. The highest BCUT2D eigenvalue weighted by Gasteiger charge is 2.26. The van der Waals surface area contributed by atoms with E-state index in [1.165, 1.54) is 71.7 Å². The molecule has 0 aromatic rings. The van der Waals surface area contributed by atoms with Crippen molar-refractivity contribution in [1.82, 2.24) is 0 Å². The van der Waals surface area contributed by atoms with E-state index in [-0.39, 0.29) is 0 Å².